The summed E-state index contributed by atoms with van der Waals surface area (Å²) in [6, 6.07) is 17.5. The lowest BCUT2D eigenvalue weighted by Crippen LogP contribution is -2.31. The van der Waals surface area contributed by atoms with Crippen LogP contribution in [0.25, 0.3) is 0 Å². The second-order valence-electron chi connectivity index (χ2n) is 7.21. The smallest absolute Gasteiger partial charge is 0.310 e. The van der Waals surface area contributed by atoms with Crippen LogP contribution in [0, 0.1) is 0 Å². The summed E-state index contributed by atoms with van der Waals surface area (Å²) in [5, 5.41) is 6.44. The van der Waals surface area contributed by atoms with Gasteiger partial charge in [0.2, 0.25) is 0 Å². The number of esters is 1. The van der Waals surface area contributed by atoms with E-state index in [1.54, 1.807) is 61.9 Å². The molecule has 0 spiro atoms. The molecule has 0 bridgehead atoms. The second kappa shape index (κ2) is 9.70. The fourth-order valence-corrected chi connectivity index (χ4v) is 3.56. The molecule has 0 fully saturated rings. The van der Waals surface area contributed by atoms with Gasteiger partial charge in [-0.25, -0.2) is 5.01 Å². The van der Waals surface area contributed by atoms with Gasteiger partial charge in [-0.3, -0.25) is 9.59 Å². The van der Waals surface area contributed by atoms with Gasteiger partial charge in [0.25, 0.3) is 5.91 Å². The summed E-state index contributed by atoms with van der Waals surface area (Å²) in [4.78, 5) is 25.1. The molecule has 2 heterocycles. The van der Waals surface area contributed by atoms with E-state index in [4.69, 9.17) is 25.5 Å². The number of rotatable bonds is 7. The van der Waals surface area contributed by atoms with Gasteiger partial charge >= 0.3 is 5.97 Å². The van der Waals surface area contributed by atoms with E-state index in [0.717, 1.165) is 16.8 Å². The van der Waals surface area contributed by atoms with Crippen molar-refractivity contribution in [3.63, 3.8) is 0 Å². The highest BCUT2D eigenvalue weighted by atomic mass is 35.5. The minimum atomic E-state index is -0.501. The monoisotopic (exact) mass is 452 g/mol. The molecule has 8 heteroatoms. The number of furan rings is 1. The molecule has 2 aromatic carbocycles. The maximum Gasteiger partial charge on any atom is 0.310 e. The average Bonchev–Trinajstić information content (AvgIpc) is 3.48. The minimum Gasteiger partial charge on any atom is -0.497 e. The molecular weight excluding hydrogens is 432 g/mol. The topological polar surface area (TPSA) is 81.3 Å². The van der Waals surface area contributed by atoms with Crippen molar-refractivity contribution in [3.05, 3.63) is 88.8 Å². The number of nitrogens with zero attached hydrogens (tertiary/aromatic N) is 2. The first-order valence-corrected chi connectivity index (χ1v) is 10.4. The van der Waals surface area contributed by atoms with Gasteiger partial charge in [0.1, 0.15) is 17.6 Å². The Morgan fingerprint density at radius 3 is 2.53 bits per heavy atom. The zero-order valence-electron chi connectivity index (χ0n) is 17.4. The molecule has 7 nitrogen and oxygen atoms in total. The summed E-state index contributed by atoms with van der Waals surface area (Å²) >= 11 is 5.98. The normalized spacial score (nSPS) is 15.4. The number of benzene rings is 2. The van der Waals surface area contributed by atoms with Crippen molar-refractivity contribution in [2.75, 3.05) is 13.7 Å². The van der Waals surface area contributed by atoms with Crippen LogP contribution in [-0.4, -0.2) is 36.3 Å². The van der Waals surface area contributed by atoms with Crippen molar-refractivity contribution in [2.45, 2.75) is 18.9 Å². The molecule has 1 aliphatic rings. The van der Waals surface area contributed by atoms with E-state index < -0.39 is 24.5 Å². The van der Waals surface area contributed by atoms with Crippen LogP contribution in [0.1, 0.15) is 29.3 Å². The summed E-state index contributed by atoms with van der Waals surface area (Å²) in [6.45, 7) is -0.413. The Labute approximate surface area is 190 Å². The fourth-order valence-electron chi connectivity index (χ4n) is 3.43. The number of amides is 1. The van der Waals surface area contributed by atoms with Crippen LogP contribution < -0.4 is 4.74 Å². The first kappa shape index (κ1) is 21.6. The SMILES string of the molecule is COc1ccc(CC(=O)OCC(=O)N2N=C(c3ccc(Cl)cc3)C[C@H]2c2ccco2)cc1. The third-order valence-electron chi connectivity index (χ3n) is 5.08. The molecule has 3 aromatic rings. The van der Waals surface area contributed by atoms with Crippen molar-refractivity contribution in [3.8, 4) is 5.75 Å². The van der Waals surface area contributed by atoms with E-state index in [9.17, 15) is 9.59 Å². The van der Waals surface area contributed by atoms with Crippen LogP contribution in [0.4, 0.5) is 0 Å². The average molecular weight is 453 g/mol. The number of hydrogen-bond acceptors (Lipinski definition) is 6. The number of carbonyl (C=O) groups excluding carboxylic acids is 2. The summed E-state index contributed by atoms with van der Waals surface area (Å²) in [6.07, 6.45) is 2.08. The zero-order chi connectivity index (χ0) is 22.5. The molecule has 1 amide bonds. The summed E-state index contributed by atoms with van der Waals surface area (Å²) in [7, 11) is 1.57. The molecule has 1 atom stereocenters. The molecular formula is C24H21ClN2O5. The summed E-state index contributed by atoms with van der Waals surface area (Å²) in [5.41, 5.74) is 2.35. The van der Waals surface area contributed by atoms with Gasteiger partial charge in [0.05, 0.1) is 25.5 Å². The lowest BCUT2D eigenvalue weighted by atomic mass is 10.0. The maximum atomic E-state index is 12.9. The Morgan fingerprint density at radius 1 is 1.12 bits per heavy atom. The van der Waals surface area contributed by atoms with E-state index in [0.29, 0.717) is 23.0 Å². The number of hydrazone groups is 1. The summed E-state index contributed by atoms with van der Waals surface area (Å²) < 4.78 is 15.8. The molecule has 0 unspecified atom stereocenters. The molecule has 32 heavy (non-hydrogen) atoms. The summed E-state index contributed by atoms with van der Waals surface area (Å²) in [5.74, 6) is 0.373. The van der Waals surface area contributed by atoms with Crippen LogP contribution in [0.3, 0.4) is 0 Å². The minimum absolute atomic E-state index is 0.0537. The van der Waals surface area contributed by atoms with Crippen LogP contribution in [0.15, 0.2) is 76.4 Å². The van der Waals surface area contributed by atoms with Crippen molar-refractivity contribution in [1.29, 1.82) is 0 Å². The third-order valence-corrected chi connectivity index (χ3v) is 5.33. The zero-order valence-corrected chi connectivity index (χ0v) is 18.1. The van der Waals surface area contributed by atoms with Crippen molar-refractivity contribution in [2.24, 2.45) is 5.10 Å². The van der Waals surface area contributed by atoms with Gasteiger partial charge in [0.15, 0.2) is 6.61 Å². The number of ether oxygens (including phenoxy) is 2. The molecule has 1 aromatic heterocycles. The predicted molar refractivity (Wildman–Crippen MR) is 119 cm³/mol. The molecule has 1 aliphatic heterocycles. The van der Waals surface area contributed by atoms with E-state index in [2.05, 4.69) is 5.10 Å². The van der Waals surface area contributed by atoms with Crippen LogP contribution in [-0.2, 0) is 20.7 Å². The number of methoxy groups -OCH3 is 1. The molecule has 164 valence electrons. The van der Waals surface area contributed by atoms with Crippen molar-refractivity contribution in [1.82, 2.24) is 5.01 Å². The Hall–Kier alpha value is -3.58. The Morgan fingerprint density at radius 2 is 1.88 bits per heavy atom. The first-order valence-electron chi connectivity index (χ1n) is 10.0. The van der Waals surface area contributed by atoms with Crippen LogP contribution in [0.5, 0.6) is 5.75 Å². The quantitative estimate of drug-likeness (QED) is 0.496. The van der Waals surface area contributed by atoms with Gasteiger partial charge in [-0.15, -0.1) is 0 Å². The lowest BCUT2D eigenvalue weighted by molar-refractivity contribution is -0.152. The third kappa shape index (κ3) is 5.00. The number of hydrogen-bond donors (Lipinski definition) is 0. The Kier molecular flexibility index (Phi) is 6.56. The number of halogens is 1. The van der Waals surface area contributed by atoms with E-state index in [-0.39, 0.29) is 6.42 Å². The predicted octanol–water partition coefficient (Wildman–Crippen LogP) is 4.41. The van der Waals surface area contributed by atoms with Crippen LogP contribution in [0.2, 0.25) is 5.02 Å². The van der Waals surface area contributed by atoms with Gasteiger partial charge in [0, 0.05) is 11.4 Å². The Balaban J connectivity index is 1.43. The number of carbonyl (C=O) groups is 2. The molecule has 0 saturated heterocycles. The highest BCUT2D eigenvalue weighted by Crippen LogP contribution is 2.33. The van der Waals surface area contributed by atoms with Crippen molar-refractivity contribution >= 4 is 29.2 Å². The standard InChI is InChI=1S/C24H21ClN2O5/c1-30-19-10-4-16(5-11-19)13-24(29)32-15-23(28)27-21(22-3-2-12-31-22)14-20(26-27)17-6-8-18(25)9-7-17/h2-12,21H,13-15H2,1H3/t21-/m0/s1. The molecule has 4 rings (SSSR count). The largest absolute Gasteiger partial charge is 0.497 e. The van der Waals surface area contributed by atoms with Gasteiger partial charge in [-0.1, -0.05) is 35.9 Å². The molecule has 0 saturated carbocycles. The molecule has 0 radical (unpaired) electrons. The highest BCUT2D eigenvalue weighted by Gasteiger charge is 2.35. The van der Waals surface area contributed by atoms with E-state index in [1.807, 2.05) is 12.1 Å². The van der Waals surface area contributed by atoms with E-state index >= 15 is 0 Å². The maximum absolute atomic E-state index is 12.9. The van der Waals surface area contributed by atoms with Gasteiger partial charge in [-0.05, 0) is 47.5 Å². The fraction of sp³-hybridized carbons (Fsp3) is 0.208. The van der Waals surface area contributed by atoms with Crippen LogP contribution >= 0.6 is 11.6 Å². The van der Waals surface area contributed by atoms with Gasteiger partial charge < -0.3 is 13.9 Å². The van der Waals surface area contributed by atoms with E-state index in [1.165, 1.54) is 5.01 Å². The first-order chi connectivity index (χ1) is 15.5. The lowest BCUT2D eigenvalue weighted by Gasteiger charge is -2.19. The Bertz CT molecular complexity index is 1110. The molecule has 0 aliphatic carbocycles. The highest BCUT2D eigenvalue weighted by molar-refractivity contribution is 6.30. The second-order valence-corrected chi connectivity index (χ2v) is 7.65. The van der Waals surface area contributed by atoms with Crippen molar-refractivity contribution < 1.29 is 23.5 Å². The van der Waals surface area contributed by atoms with Gasteiger partial charge in [-0.2, -0.15) is 5.10 Å². The molecule has 0 N–H and O–H groups in total.